The van der Waals surface area contributed by atoms with Crippen molar-refractivity contribution in [1.82, 2.24) is 0 Å². The third-order valence-electron chi connectivity index (χ3n) is 3.29. The Hall–Kier alpha value is -1.84. The summed E-state index contributed by atoms with van der Waals surface area (Å²) in [6.07, 6.45) is 4.75. The van der Waals surface area contributed by atoms with Crippen molar-refractivity contribution in [2.45, 2.75) is 39.0 Å². The van der Waals surface area contributed by atoms with Gasteiger partial charge in [0.15, 0.2) is 0 Å². The van der Waals surface area contributed by atoms with E-state index in [1.54, 1.807) is 25.2 Å². The first-order valence-corrected chi connectivity index (χ1v) is 7.05. The van der Waals surface area contributed by atoms with Crippen LogP contribution in [0.3, 0.4) is 0 Å². The molecule has 1 aromatic rings. The molecule has 0 aliphatic heterocycles. The van der Waals surface area contributed by atoms with Gasteiger partial charge in [0.05, 0.1) is 18.4 Å². The number of anilines is 1. The SMILES string of the molecule is CCCCCCC(=O)N(C)c1ccccc1C(=O)OC. The van der Waals surface area contributed by atoms with Gasteiger partial charge in [0.2, 0.25) is 5.91 Å². The van der Waals surface area contributed by atoms with Crippen LogP contribution in [0.15, 0.2) is 24.3 Å². The largest absolute Gasteiger partial charge is 0.465 e. The highest BCUT2D eigenvalue weighted by Crippen LogP contribution is 2.21. The van der Waals surface area contributed by atoms with Gasteiger partial charge in [-0.3, -0.25) is 4.79 Å². The van der Waals surface area contributed by atoms with Crippen molar-refractivity contribution in [3.8, 4) is 0 Å². The summed E-state index contributed by atoms with van der Waals surface area (Å²) in [5.74, 6) is -0.399. The fourth-order valence-corrected chi connectivity index (χ4v) is 2.05. The first-order valence-electron chi connectivity index (χ1n) is 7.05. The standard InChI is InChI=1S/C16H23NO3/c1-4-5-6-7-12-15(18)17(2)14-11-9-8-10-13(14)16(19)20-3/h8-11H,4-7,12H2,1-3H3. The number of hydrogen-bond donors (Lipinski definition) is 0. The van der Waals surface area contributed by atoms with Crippen LogP contribution >= 0.6 is 0 Å². The van der Waals surface area contributed by atoms with Crippen molar-refractivity contribution in [3.05, 3.63) is 29.8 Å². The Balaban J connectivity index is 2.73. The smallest absolute Gasteiger partial charge is 0.339 e. The fraction of sp³-hybridized carbons (Fsp3) is 0.500. The zero-order valence-corrected chi connectivity index (χ0v) is 12.5. The molecule has 4 heteroatoms. The lowest BCUT2D eigenvalue weighted by atomic mass is 10.1. The van der Waals surface area contributed by atoms with Crippen molar-refractivity contribution in [2.75, 3.05) is 19.1 Å². The van der Waals surface area contributed by atoms with Crippen LogP contribution in [0.5, 0.6) is 0 Å². The number of esters is 1. The van der Waals surface area contributed by atoms with Gasteiger partial charge in [-0.1, -0.05) is 38.3 Å². The second-order valence-electron chi connectivity index (χ2n) is 4.77. The summed E-state index contributed by atoms with van der Waals surface area (Å²) in [5.41, 5.74) is 1.01. The van der Waals surface area contributed by atoms with Crippen molar-refractivity contribution in [3.63, 3.8) is 0 Å². The average Bonchev–Trinajstić information content (AvgIpc) is 2.49. The number of hydrogen-bond acceptors (Lipinski definition) is 3. The first kappa shape index (κ1) is 16.2. The Labute approximate surface area is 120 Å². The predicted molar refractivity (Wildman–Crippen MR) is 80.0 cm³/mol. The summed E-state index contributed by atoms with van der Waals surface area (Å²) in [7, 11) is 3.04. The second kappa shape index (κ2) is 8.35. The molecule has 0 N–H and O–H groups in total. The molecule has 0 saturated carbocycles. The molecule has 20 heavy (non-hydrogen) atoms. The van der Waals surface area contributed by atoms with Crippen molar-refractivity contribution >= 4 is 17.6 Å². The molecule has 0 aliphatic carbocycles. The molecule has 1 rings (SSSR count). The van der Waals surface area contributed by atoms with Crippen LogP contribution in [0, 0.1) is 0 Å². The zero-order valence-electron chi connectivity index (χ0n) is 12.5. The van der Waals surface area contributed by atoms with Crippen molar-refractivity contribution < 1.29 is 14.3 Å². The van der Waals surface area contributed by atoms with Gasteiger partial charge in [0.1, 0.15) is 0 Å². The number of para-hydroxylation sites is 1. The Morgan fingerprint density at radius 3 is 2.50 bits per heavy atom. The number of unbranched alkanes of at least 4 members (excludes halogenated alkanes) is 3. The van der Waals surface area contributed by atoms with E-state index in [2.05, 4.69) is 6.92 Å². The normalized spacial score (nSPS) is 10.2. The lowest BCUT2D eigenvalue weighted by Gasteiger charge is -2.19. The number of carbonyl (C=O) groups is 2. The molecule has 0 saturated heterocycles. The molecule has 0 aromatic heterocycles. The maximum absolute atomic E-state index is 12.1. The number of amides is 1. The van der Waals surface area contributed by atoms with E-state index < -0.39 is 5.97 Å². The quantitative estimate of drug-likeness (QED) is 0.567. The second-order valence-corrected chi connectivity index (χ2v) is 4.77. The van der Waals surface area contributed by atoms with Gasteiger partial charge in [0, 0.05) is 13.5 Å². The molecule has 1 amide bonds. The fourth-order valence-electron chi connectivity index (χ4n) is 2.05. The van der Waals surface area contributed by atoms with Gasteiger partial charge in [-0.25, -0.2) is 4.79 Å². The van der Waals surface area contributed by atoms with Crippen molar-refractivity contribution in [2.24, 2.45) is 0 Å². The van der Waals surface area contributed by atoms with Crippen LogP contribution in [0.4, 0.5) is 5.69 Å². The summed E-state index contributed by atoms with van der Waals surface area (Å²) >= 11 is 0. The maximum atomic E-state index is 12.1. The molecular weight excluding hydrogens is 254 g/mol. The van der Waals surface area contributed by atoms with Crippen LogP contribution in [-0.4, -0.2) is 26.0 Å². The van der Waals surface area contributed by atoms with E-state index in [9.17, 15) is 9.59 Å². The summed E-state index contributed by atoms with van der Waals surface area (Å²) in [6, 6.07) is 7.00. The number of methoxy groups -OCH3 is 1. The molecule has 0 radical (unpaired) electrons. The van der Waals surface area contributed by atoms with E-state index in [4.69, 9.17) is 4.74 Å². The van der Waals surface area contributed by atoms with Crippen LogP contribution in [0.1, 0.15) is 49.4 Å². The number of ether oxygens (including phenoxy) is 1. The highest BCUT2D eigenvalue weighted by atomic mass is 16.5. The Kier molecular flexibility index (Phi) is 6.77. The van der Waals surface area contributed by atoms with Crippen LogP contribution < -0.4 is 4.90 Å². The molecule has 0 heterocycles. The summed E-state index contributed by atoms with van der Waals surface area (Å²) in [6.45, 7) is 2.14. The minimum atomic E-state index is -0.425. The average molecular weight is 277 g/mol. The molecule has 4 nitrogen and oxygen atoms in total. The highest BCUT2D eigenvalue weighted by molar-refractivity contribution is 6.02. The molecular formula is C16H23NO3. The molecule has 0 fully saturated rings. The molecule has 1 aromatic carbocycles. The summed E-state index contributed by atoms with van der Waals surface area (Å²) in [5, 5.41) is 0. The predicted octanol–water partition coefficient (Wildman–Crippen LogP) is 3.41. The monoisotopic (exact) mass is 277 g/mol. The molecule has 0 bridgehead atoms. The van der Waals surface area contributed by atoms with Crippen LogP contribution in [0.25, 0.3) is 0 Å². The van der Waals surface area contributed by atoms with Crippen LogP contribution in [-0.2, 0) is 9.53 Å². The maximum Gasteiger partial charge on any atom is 0.339 e. The van der Waals surface area contributed by atoms with E-state index in [1.807, 2.05) is 6.07 Å². The molecule has 0 spiro atoms. The lowest BCUT2D eigenvalue weighted by Crippen LogP contribution is -2.27. The number of nitrogens with zero attached hydrogens (tertiary/aromatic N) is 1. The van der Waals surface area contributed by atoms with Gasteiger partial charge in [-0.05, 0) is 18.6 Å². The van der Waals surface area contributed by atoms with Gasteiger partial charge in [-0.15, -0.1) is 0 Å². The Morgan fingerprint density at radius 2 is 1.85 bits per heavy atom. The molecule has 0 unspecified atom stereocenters. The van der Waals surface area contributed by atoms with E-state index >= 15 is 0 Å². The minimum absolute atomic E-state index is 0.0254. The lowest BCUT2D eigenvalue weighted by molar-refractivity contribution is -0.118. The molecule has 0 aliphatic rings. The van der Waals surface area contributed by atoms with Crippen molar-refractivity contribution in [1.29, 1.82) is 0 Å². The van der Waals surface area contributed by atoms with E-state index in [0.29, 0.717) is 17.7 Å². The Bertz CT molecular complexity index is 457. The van der Waals surface area contributed by atoms with Gasteiger partial charge >= 0.3 is 5.97 Å². The number of rotatable bonds is 7. The van der Waals surface area contributed by atoms with E-state index in [0.717, 1.165) is 25.7 Å². The molecule has 0 atom stereocenters. The van der Waals surface area contributed by atoms with E-state index in [1.165, 1.54) is 12.0 Å². The van der Waals surface area contributed by atoms with Gasteiger partial charge in [0.25, 0.3) is 0 Å². The van der Waals surface area contributed by atoms with Crippen LogP contribution in [0.2, 0.25) is 0 Å². The topological polar surface area (TPSA) is 46.6 Å². The van der Waals surface area contributed by atoms with Gasteiger partial charge in [-0.2, -0.15) is 0 Å². The first-order chi connectivity index (χ1) is 9.61. The van der Waals surface area contributed by atoms with E-state index in [-0.39, 0.29) is 5.91 Å². The summed E-state index contributed by atoms with van der Waals surface area (Å²) < 4.78 is 4.74. The third-order valence-corrected chi connectivity index (χ3v) is 3.29. The zero-order chi connectivity index (χ0) is 15.0. The minimum Gasteiger partial charge on any atom is -0.465 e. The molecule has 110 valence electrons. The Morgan fingerprint density at radius 1 is 1.15 bits per heavy atom. The number of benzene rings is 1. The number of carbonyl (C=O) groups excluding carboxylic acids is 2. The highest BCUT2D eigenvalue weighted by Gasteiger charge is 2.18. The van der Waals surface area contributed by atoms with Gasteiger partial charge < -0.3 is 9.64 Å². The summed E-state index contributed by atoms with van der Waals surface area (Å²) in [4.78, 5) is 25.4. The third kappa shape index (κ3) is 4.37.